The SMILES string of the molecule is CCCCCCOC(=O)C1(C)CC1Cl. The number of carbonyl (C=O) groups is 1. The Kier molecular flexibility index (Phi) is 4.24. The van der Waals surface area contributed by atoms with Gasteiger partial charge in [0, 0.05) is 0 Å². The summed E-state index contributed by atoms with van der Waals surface area (Å²) in [6.45, 7) is 4.59. The van der Waals surface area contributed by atoms with Gasteiger partial charge in [-0.1, -0.05) is 26.2 Å². The van der Waals surface area contributed by atoms with Crippen molar-refractivity contribution in [3.8, 4) is 0 Å². The molecule has 2 nitrogen and oxygen atoms in total. The molecule has 14 heavy (non-hydrogen) atoms. The van der Waals surface area contributed by atoms with E-state index in [0.29, 0.717) is 6.61 Å². The van der Waals surface area contributed by atoms with Crippen LogP contribution in [0.3, 0.4) is 0 Å². The zero-order chi connectivity index (χ0) is 10.6. The molecule has 0 bridgehead atoms. The third-order valence-corrected chi connectivity index (χ3v) is 3.47. The zero-order valence-corrected chi connectivity index (χ0v) is 9.77. The van der Waals surface area contributed by atoms with Crippen LogP contribution in [0, 0.1) is 5.41 Å². The Balaban J connectivity index is 2.05. The quantitative estimate of drug-likeness (QED) is 0.389. The molecular weight excluding hydrogens is 200 g/mol. The number of hydrogen-bond acceptors (Lipinski definition) is 2. The van der Waals surface area contributed by atoms with Crippen LogP contribution in [0.2, 0.25) is 0 Å². The second-order valence-corrected chi connectivity index (χ2v) is 4.81. The predicted octanol–water partition coefficient (Wildman–Crippen LogP) is 3.13. The average molecular weight is 219 g/mol. The maximum absolute atomic E-state index is 11.5. The van der Waals surface area contributed by atoms with Crippen LogP contribution in [-0.2, 0) is 9.53 Å². The van der Waals surface area contributed by atoms with E-state index in [1.54, 1.807) is 0 Å². The fourth-order valence-electron chi connectivity index (χ4n) is 1.38. The molecule has 0 aromatic carbocycles. The Morgan fingerprint density at radius 3 is 2.64 bits per heavy atom. The van der Waals surface area contributed by atoms with E-state index in [2.05, 4.69) is 6.92 Å². The van der Waals surface area contributed by atoms with Gasteiger partial charge >= 0.3 is 5.97 Å². The van der Waals surface area contributed by atoms with Crippen LogP contribution in [0.15, 0.2) is 0 Å². The molecular formula is C11H19ClO2. The number of halogens is 1. The van der Waals surface area contributed by atoms with Crippen LogP contribution in [0.25, 0.3) is 0 Å². The van der Waals surface area contributed by atoms with Crippen LogP contribution in [0.4, 0.5) is 0 Å². The monoisotopic (exact) mass is 218 g/mol. The van der Waals surface area contributed by atoms with Crippen molar-refractivity contribution in [3.05, 3.63) is 0 Å². The smallest absolute Gasteiger partial charge is 0.313 e. The summed E-state index contributed by atoms with van der Waals surface area (Å²) in [5, 5.41) is -0.00866. The molecule has 82 valence electrons. The third-order valence-electron chi connectivity index (χ3n) is 2.83. The van der Waals surface area contributed by atoms with Crippen molar-refractivity contribution in [1.82, 2.24) is 0 Å². The maximum Gasteiger partial charge on any atom is 0.313 e. The lowest BCUT2D eigenvalue weighted by molar-refractivity contribution is -0.149. The fourth-order valence-corrected chi connectivity index (χ4v) is 1.79. The van der Waals surface area contributed by atoms with Gasteiger partial charge in [-0.05, 0) is 19.8 Å². The highest BCUT2D eigenvalue weighted by atomic mass is 35.5. The minimum absolute atomic E-state index is 0.00866. The zero-order valence-electron chi connectivity index (χ0n) is 9.01. The standard InChI is InChI=1S/C11H19ClO2/c1-3-4-5-6-7-14-10(13)11(2)8-9(11)12/h9H,3-8H2,1-2H3. The van der Waals surface area contributed by atoms with Gasteiger partial charge < -0.3 is 4.74 Å². The predicted molar refractivity (Wildman–Crippen MR) is 57.5 cm³/mol. The summed E-state index contributed by atoms with van der Waals surface area (Å²) in [4.78, 5) is 11.5. The molecule has 2 unspecified atom stereocenters. The van der Waals surface area contributed by atoms with E-state index >= 15 is 0 Å². The van der Waals surface area contributed by atoms with E-state index in [1.165, 1.54) is 12.8 Å². The molecule has 0 aromatic rings. The molecule has 1 rings (SSSR count). The first kappa shape index (κ1) is 11.8. The maximum atomic E-state index is 11.5. The molecule has 1 aliphatic carbocycles. The lowest BCUT2D eigenvalue weighted by atomic mass is 10.1. The molecule has 0 aliphatic heterocycles. The molecule has 0 N–H and O–H groups in total. The number of alkyl halides is 1. The Morgan fingerprint density at radius 1 is 1.50 bits per heavy atom. The van der Waals surface area contributed by atoms with E-state index in [-0.39, 0.29) is 16.8 Å². The molecule has 0 amide bonds. The Morgan fingerprint density at radius 2 is 2.14 bits per heavy atom. The third kappa shape index (κ3) is 2.88. The van der Waals surface area contributed by atoms with Gasteiger partial charge in [0.25, 0.3) is 0 Å². The van der Waals surface area contributed by atoms with Crippen LogP contribution in [0.1, 0.15) is 46.0 Å². The van der Waals surface area contributed by atoms with E-state index in [4.69, 9.17) is 16.3 Å². The fraction of sp³-hybridized carbons (Fsp3) is 0.909. The highest BCUT2D eigenvalue weighted by Crippen LogP contribution is 2.50. The molecule has 0 aromatic heterocycles. The van der Waals surface area contributed by atoms with Gasteiger partial charge in [-0.15, -0.1) is 11.6 Å². The summed E-state index contributed by atoms with van der Waals surface area (Å²) >= 11 is 5.85. The summed E-state index contributed by atoms with van der Waals surface area (Å²) in [6, 6.07) is 0. The Bertz CT molecular complexity index is 205. The lowest BCUT2D eigenvalue weighted by Gasteiger charge is -2.09. The lowest BCUT2D eigenvalue weighted by Crippen LogP contribution is -2.18. The number of carbonyl (C=O) groups excluding carboxylic acids is 1. The van der Waals surface area contributed by atoms with Crippen molar-refractivity contribution < 1.29 is 9.53 Å². The molecule has 0 radical (unpaired) electrons. The highest BCUT2D eigenvalue weighted by Gasteiger charge is 2.56. The first-order chi connectivity index (χ1) is 6.61. The van der Waals surface area contributed by atoms with Gasteiger partial charge in [-0.25, -0.2) is 0 Å². The molecule has 2 atom stereocenters. The number of hydrogen-bond donors (Lipinski definition) is 0. The van der Waals surface area contributed by atoms with Crippen molar-refractivity contribution in [1.29, 1.82) is 0 Å². The average Bonchev–Trinajstić information content (AvgIpc) is 2.76. The number of ether oxygens (including phenoxy) is 1. The topological polar surface area (TPSA) is 26.3 Å². The summed E-state index contributed by atoms with van der Waals surface area (Å²) in [5.74, 6) is -0.117. The van der Waals surface area contributed by atoms with Crippen molar-refractivity contribution >= 4 is 17.6 Å². The van der Waals surface area contributed by atoms with E-state index in [9.17, 15) is 4.79 Å². The van der Waals surface area contributed by atoms with Gasteiger partial charge in [0.15, 0.2) is 0 Å². The number of unbranched alkanes of at least 4 members (excludes halogenated alkanes) is 3. The van der Waals surface area contributed by atoms with Crippen molar-refractivity contribution in [2.24, 2.45) is 5.41 Å². The first-order valence-electron chi connectivity index (χ1n) is 5.42. The second kappa shape index (κ2) is 5.01. The summed E-state index contributed by atoms with van der Waals surface area (Å²) in [5.41, 5.74) is -0.383. The first-order valence-corrected chi connectivity index (χ1v) is 5.86. The van der Waals surface area contributed by atoms with E-state index in [0.717, 1.165) is 19.3 Å². The molecule has 1 fully saturated rings. The molecule has 0 heterocycles. The molecule has 0 spiro atoms. The Labute approximate surface area is 91.0 Å². The van der Waals surface area contributed by atoms with Crippen molar-refractivity contribution in [2.45, 2.75) is 51.3 Å². The van der Waals surface area contributed by atoms with Gasteiger partial charge in [-0.3, -0.25) is 4.79 Å². The number of rotatable bonds is 6. The van der Waals surface area contributed by atoms with Crippen LogP contribution in [0.5, 0.6) is 0 Å². The van der Waals surface area contributed by atoms with Crippen LogP contribution in [-0.4, -0.2) is 18.0 Å². The van der Waals surface area contributed by atoms with E-state index < -0.39 is 0 Å². The van der Waals surface area contributed by atoms with Crippen LogP contribution >= 0.6 is 11.6 Å². The molecule has 0 saturated heterocycles. The minimum Gasteiger partial charge on any atom is -0.465 e. The number of esters is 1. The van der Waals surface area contributed by atoms with Crippen molar-refractivity contribution in [3.63, 3.8) is 0 Å². The Hall–Kier alpha value is -0.240. The molecule has 1 saturated carbocycles. The molecule has 3 heteroatoms. The highest BCUT2D eigenvalue weighted by molar-refractivity contribution is 6.25. The van der Waals surface area contributed by atoms with Gasteiger partial charge in [-0.2, -0.15) is 0 Å². The normalized spacial score (nSPS) is 30.1. The van der Waals surface area contributed by atoms with Crippen molar-refractivity contribution in [2.75, 3.05) is 6.61 Å². The molecule has 1 aliphatic rings. The summed E-state index contributed by atoms with van der Waals surface area (Å²) < 4.78 is 5.16. The van der Waals surface area contributed by atoms with Gasteiger partial charge in [0.1, 0.15) is 0 Å². The second-order valence-electron chi connectivity index (χ2n) is 4.29. The summed E-state index contributed by atoms with van der Waals surface area (Å²) in [6.07, 6.45) is 5.30. The minimum atomic E-state index is -0.383. The largest absolute Gasteiger partial charge is 0.465 e. The van der Waals surface area contributed by atoms with E-state index in [1.807, 2.05) is 6.92 Å². The van der Waals surface area contributed by atoms with Crippen LogP contribution < -0.4 is 0 Å². The summed E-state index contributed by atoms with van der Waals surface area (Å²) in [7, 11) is 0. The van der Waals surface area contributed by atoms with Gasteiger partial charge in [0.05, 0.1) is 17.4 Å². The van der Waals surface area contributed by atoms with Gasteiger partial charge in [0.2, 0.25) is 0 Å².